The minimum Gasteiger partial charge on any atom is -0.494 e. The Balaban J connectivity index is 2.60. The molecule has 0 aliphatic carbocycles. The van der Waals surface area contributed by atoms with Crippen LogP contribution in [0.15, 0.2) is 48.7 Å². The third kappa shape index (κ3) is 3.61. The first-order chi connectivity index (χ1) is 6.33. The second-order valence-electron chi connectivity index (χ2n) is 2.77. The molecule has 0 heterocycles. The van der Waals surface area contributed by atoms with Crippen molar-refractivity contribution in [2.75, 3.05) is 6.61 Å². The number of allylic oxidation sites excluding steroid dienone is 1. The van der Waals surface area contributed by atoms with E-state index in [1.165, 1.54) is 0 Å². The minimum atomic E-state index is 0.565. The van der Waals surface area contributed by atoms with Gasteiger partial charge in [0.15, 0.2) is 0 Å². The predicted octanol–water partition coefficient (Wildman–Crippen LogP) is 3.25. The fourth-order valence-electron chi connectivity index (χ4n) is 1.02. The summed E-state index contributed by atoms with van der Waals surface area (Å²) in [5.74, 6) is 0.908. The summed E-state index contributed by atoms with van der Waals surface area (Å²) in [5.41, 5.74) is 1.16. The summed E-state index contributed by atoms with van der Waals surface area (Å²) >= 11 is 0. The lowest BCUT2D eigenvalue weighted by molar-refractivity contribution is 0.253. The van der Waals surface area contributed by atoms with Crippen molar-refractivity contribution in [3.63, 3.8) is 0 Å². The van der Waals surface area contributed by atoms with Gasteiger partial charge in [-0.2, -0.15) is 0 Å². The maximum atomic E-state index is 5.34. The Kier molecular flexibility index (Phi) is 3.83. The average molecular weight is 174 g/mol. The van der Waals surface area contributed by atoms with Crippen molar-refractivity contribution < 1.29 is 4.74 Å². The Labute approximate surface area is 79.4 Å². The average Bonchev–Trinajstić information content (AvgIpc) is 2.16. The maximum Gasteiger partial charge on any atom is 0.106 e. The fraction of sp³-hybridized carbons (Fsp3) is 0.167. The lowest BCUT2D eigenvalue weighted by Crippen LogP contribution is -1.87. The van der Waals surface area contributed by atoms with Gasteiger partial charge in [0.25, 0.3) is 0 Å². The molecule has 0 saturated carbocycles. The Morgan fingerprint density at radius 1 is 1.38 bits per heavy atom. The van der Waals surface area contributed by atoms with E-state index in [1.54, 1.807) is 6.08 Å². The SMILES string of the molecule is C=CCOC(C)=Cc1ccccc1. The third-order valence-corrected chi connectivity index (χ3v) is 1.60. The van der Waals surface area contributed by atoms with Gasteiger partial charge in [0.1, 0.15) is 6.61 Å². The van der Waals surface area contributed by atoms with Gasteiger partial charge in [-0.15, -0.1) is 0 Å². The van der Waals surface area contributed by atoms with Crippen LogP contribution in [0.25, 0.3) is 6.08 Å². The van der Waals surface area contributed by atoms with Crippen LogP contribution in [0.3, 0.4) is 0 Å². The van der Waals surface area contributed by atoms with Gasteiger partial charge in [-0.1, -0.05) is 43.0 Å². The van der Waals surface area contributed by atoms with E-state index in [0.29, 0.717) is 6.61 Å². The minimum absolute atomic E-state index is 0.565. The molecule has 1 aromatic rings. The molecule has 1 rings (SSSR count). The molecule has 0 fully saturated rings. The molecule has 0 amide bonds. The second-order valence-corrected chi connectivity index (χ2v) is 2.77. The Morgan fingerprint density at radius 3 is 2.69 bits per heavy atom. The predicted molar refractivity (Wildman–Crippen MR) is 56.2 cm³/mol. The first kappa shape index (κ1) is 9.59. The molecule has 0 bridgehead atoms. The first-order valence-electron chi connectivity index (χ1n) is 4.30. The van der Waals surface area contributed by atoms with Gasteiger partial charge in [-0.05, 0) is 18.6 Å². The van der Waals surface area contributed by atoms with Gasteiger partial charge >= 0.3 is 0 Å². The Hall–Kier alpha value is -1.50. The van der Waals surface area contributed by atoms with Crippen molar-refractivity contribution in [3.8, 4) is 0 Å². The van der Waals surface area contributed by atoms with Gasteiger partial charge < -0.3 is 4.74 Å². The van der Waals surface area contributed by atoms with Gasteiger partial charge in [0.05, 0.1) is 5.76 Å². The number of rotatable bonds is 4. The highest BCUT2D eigenvalue weighted by Crippen LogP contribution is 2.06. The highest BCUT2D eigenvalue weighted by Gasteiger charge is 1.89. The number of benzene rings is 1. The molecule has 0 N–H and O–H groups in total. The van der Waals surface area contributed by atoms with E-state index in [1.807, 2.05) is 43.3 Å². The molecule has 1 heteroatoms. The maximum absolute atomic E-state index is 5.34. The molecule has 13 heavy (non-hydrogen) atoms. The van der Waals surface area contributed by atoms with Crippen LogP contribution in [0.2, 0.25) is 0 Å². The summed E-state index contributed by atoms with van der Waals surface area (Å²) < 4.78 is 5.34. The zero-order valence-corrected chi connectivity index (χ0v) is 7.86. The molecule has 0 unspecified atom stereocenters. The fourth-order valence-corrected chi connectivity index (χ4v) is 1.02. The van der Waals surface area contributed by atoms with Crippen molar-refractivity contribution >= 4 is 6.08 Å². The van der Waals surface area contributed by atoms with Crippen molar-refractivity contribution in [2.45, 2.75) is 6.92 Å². The zero-order valence-electron chi connectivity index (χ0n) is 7.86. The molecular weight excluding hydrogens is 160 g/mol. The Morgan fingerprint density at radius 2 is 2.08 bits per heavy atom. The van der Waals surface area contributed by atoms with Crippen molar-refractivity contribution in [3.05, 3.63) is 54.3 Å². The molecule has 0 aliphatic rings. The summed E-state index contributed by atoms with van der Waals surface area (Å²) in [6, 6.07) is 10.1. The van der Waals surface area contributed by atoms with E-state index < -0.39 is 0 Å². The van der Waals surface area contributed by atoms with Gasteiger partial charge in [0.2, 0.25) is 0 Å². The summed E-state index contributed by atoms with van der Waals surface area (Å²) in [6.45, 7) is 6.09. The molecule has 0 aromatic heterocycles. The topological polar surface area (TPSA) is 9.23 Å². The van der Waals surface area contributed by atoms with Crippen LogP contribution in [0.5, 0.6) is 0 Å². The normalized spacial score (nSPS) is 11.0. The smallest absolute Gasteiger partial charge is 0.106 e. The van der Waals surface area contributed by atoms with Crippen LogP contribution in [-0.2, 0) is 4.74 Å². The number of hydrogen-bond acceptors (Lipinski definition) is 1. The van der Waals surface area contributed by atoms with E-state index in [2.05, 4.69) is 6.58 Å². The largest absolute Gasteiger partial charge is 0.494 e. The number of ether oxygens (including phenoxy) is 1. The van der Waals surface area contributed by atoms with E-state index in [0.717, 1.165) is 11.3 Å². The van der Waals surface area contributed by atoms with Gasteiger partial charge in [-0.3, -0.25) is 0 Å². The molecule has 0 radical (unpaired) electrons. The monoisotopic (exact) mass is 174 g/mol. The van der Waals surface area contributed by atoms with Crippen molar-refractivity contribution in [1.29, 1.82) is 0 Å². The molecule has 1 nitrogen and oxygen atoms in total. The first-order valence-corrected chi connectivity index (χ1v) is 4.30. The summed E-state index contributed by atoms with van der Waals surface area (Å²) in [4.78, 5) is 0. The molecule has 1 aromatic carbocycles. The summed E-state index contributed by atoms with van der Waals surface area (Å²) in [5, 5.41) is 0. The second kappa shape index (κ2) is 5.20. The summed E-state index contributed by atoms with van der Waals surface area (Å²) in [7, 11) is 0. The molecule has 0 atom stereocenters. The van der Waals surface area contributed by atoms with E-state index in [-0.39, 0.29) is 0 Å². The molecular formula is C12H14O. The molecule has 68 valence electrons. The van der Waals surface area contributed by atoms with Gasteiger partial charge in [-0.25, -0.2) is 0 Å². The zero-order chi connectivity index (χ0) is 9.52. The van der Waals surface area contributed by atoms with Crippen LogP contribution in [0.4, 0.5) is 0 Å². The van der Waals surface area contributed by atoms with Crippen LogP contribution < -0.4 is 0 Å². The van der Waals surface area contributed by atoms with E-state index >= 15 is 0 Å². The molecule has 0 aliphatic heterocycles. The Bertz CT molecular complexity index is 285. The van der Waals surface area contributed by atoms with E-state index in [4.69, 9.17) is 4.74 Å². The van der Waals surface area contributed by atoms with Crippen LogP contribution in [0, 0.1) is 0 Å². The highest BCUT2D eigenvalue weighted by molar-refractivity contribution is 5.50. The lowest BCUT2D eigenvalue weighted by Gasteiger charge is -2.02. The number of hydrogen-bond donors (Lipinski definition) is 0. The standard InChI is InChI=1S/C12H14O/c1-3-9-13-11(2)10-12-7-5-4-6-8-12/h3-8,10H,1,9H2,2H3. The summed E-state index contributed by atoms with van der Waals surface area (Å²) in [6.07, 6.45) is 3.74. The molecule has 0 spiro atoms. The molecule has 0 saturated heterocycles. The third-order valence-electron chi connectivity index (χ3n) is 1.60. The lowest BCUT2D eigenvalue weighted by atomic mass is 10.2. The van der Waals surface area contributed by atoms with Crippen molar-refractivity contribution in [1.82, 2.24) is 0 Å². The van der Waals surface area contributed by atoms with Crippen molar-refractivity contribution in [2.24, 2.45) is 0 Å². The van der Waals surface area contributed by atoms with E-state index in [9.17, 15) is 0 Å². The highest BCUT2D eigenvalue weighted by atomic mass is 16.5. The van der Waals surface area contributed by atoms with Gasteiger partial charge in [0, 0.05) is 0 Å². The van der Waals surface area contributed by atoms with Crippen LogP contribution in [0.1, 0.15) is 12.5 Å². The van der Waals surface area contributed by atoms with Crippen LogP contribution in [-0.4, -0.2) is 6.61 Å². The quantitative estimate of drug-likeness (QED) is 0.503. The van der Waals surface area contributed by atoms with Crippen LogP contribution >= 0.6 is 0 Å².